The van der Waals surface area contributed by atoms with Crippen molar-refractivity contribution in [3.8, 4) is 5.88 Å². The van der Waals surface area contributed by atoms with Gasteiger partial charge < -0.3 is 15.2 Å². The molecule has 2 heterocycles. The van der Waals surface area contributed by atoms with Crippen LogP contribution < -0.4 is 10.5 Å². The van der Waals surface area contributed by atoms with E-state index in [2.05, 4.69) is 4.98 Å². The second-order valence-electron chi connectivity index (χ2n) is 3.66. The second kappa shape index (κ2) is 4.94. The maximum atomic E-state index is 11.0. The predicted octanol–water partition coefficient (Wildman–Crippen LogP) is 1.09. The lowest BCUT2D eigenvalue weighted by atomic mass is 10.2. The van der Waals surface area contributed by atoms with E-state index >= 15 is 0 Å². The lowest BCUT2D eigenvalue weighted by Gasteiger charge is -2.22. The van der Waals surface area contributed by atoms with Crippen molar-refractivity contribution in [1.82, 2.24) is 4.98 Å². The first kappa shape index (κ1) is 10.9. The van der Waals surface area contributed by atoms with Gasteiger partial charge in [0.2, 0.25) is 18.1 Å². The highest BCUT2D eigenvalue weighted by Gasteiger charge is 2.16. The minimum Gasteiger partial charge on any atom is -0.448 e. The molecule has 1 aromatic heterocycles. The summed E-state index contributed by atoms with van der Waals surface area (Å²) < 4.78 is 10.9. The van der Waals surface area contributed by atoms with Crippen LogP contribution in [-0.2, 0) is 4.74 Å². The van der Waals surface area contributed by atoms with Gasteiger partial charge in [-0.2, -0.15) is 0 Å². The Hall–Kier alpha value is -1.62. The number of carbonyl (C=O) groups is 1. The molecule has 1 unspecified atom stereocenters. The summed E-state index contributed by atoms with van der Waals surface area (Å²) in [5.41, 5.74) is 5.55. The molecule has 0 bridgehead atoms. The number of amides is 1. The molecule has 0 aliphatic carbocycles. The molecule has 0 saturated carbocycles. The summed E-state index contributed by atoms with van der Waals surface area (Å²) in [5, 5.41) is 0. The van der Waals surface area contributed by atoms with Gasteiger partial charge in [-0.25, -0.2) is 4.98 Å². The van der Waals surface area contributed by atoms with Crippen molar-refractivity contribution in [3.05, 3.63) is 23.9 Å². The van der Waals surface area contributed by atoms with E-state index in [1.165, 1.54) is 12.3 Å². The summed E-state index contributed by atoms with van der Waals surface area (Å²) in [6.45, 7) is 0.709. The summed E-state index contributed by atoms with van der Waals surface area (Å²) in [4.78, 5) is 15.0. The van der Waals surface area contributed by atoms with Crippen LogP contribution in [-0.4, -0.2) is 23.8 Å². The van der Waals surface area contributed by atoms with Crippen LogP contribution in [0.4, 0.5) is 0 Å². The molecule has 16 heavy (non-hydrogen) atoms. The summed E-state index contributed by atoms with van der Waals surface area (Å²) >= 11 is 0. The maximum Gasteiger partial charge on any atom is 0.248 e. The van der Waals surface area contributed by atoms with Gasteiger partial charge in [0.25, 0.3) is 0 Å². The van der Waals surface area contributed by atoms with E-state index in [-0.39, 0.29) is 6.29 Å². The fourth-order valence-electron chi connectivity index (χ4n) is 1.57. The van der Waals surface area contributed by atoms with Crippen LogP contribution in [0.3, 0.4) is 0 Å². The van der Waals surface area contributed by atoms with E-state index in [4.69, 9.17) is 15.2 Å². The molecule has 1 aliphatic heterocycles. The second-order valence-corrected chi connectivity index (χ2v) is 3.66. The van der Waals surface area contributed by atoms with Crippen molar-refractivity contribution < 1.29 is 14.3 Å². The first-order valence-corrected chi connectivity index (χ1v) is 5.30. The van der Waals surface area contributed by atoms with Crippen LogP contribution in [0.2, 0.25) is 0 Å². The highest BCUT2D eigenvalue weighted by atomic mass is 16.7. The number of nitrogens with two attached hydrogens (primary N) is 1. The maximum absolute atomic E-state index is 11.0. The topological polar surface area (TPSA) is 74.4 Å². The van der Waals surface area contributed by atoms with Crippen molar-refractivity contribution >= 4 is 5.91 Å². The fraction of sp³-hybridized carbons (Fsp3) is 0.455. The van der Waals surface area contributed by atoms with Crippen molar-refractivity contribution in [3.63, 3.8) is 0 Å². The first-order chi connectivity index (χ1) is 7.75. The lowest BCUT2D eigenvalue weighted by Crippen LogP contribution is -2.25. The number of pyridine rings is 1. The van der Waals surface area contributed by atoms with Gasteiger partial charge in [-0.3, -0.25) is 4.79 Å². The van der Waals surface area contributed by atoms with Gasteiger partial charge in [0.1, 0.15) is 0 Å². The minimum absolute atomic E-state index is 0.260. The number of aromatic nitrogens is 1. The van der Waals surface area contributed by atoms with Gasteiger partial charge in [0.05, 0.1) is 6.61 Å². The number of nitrogens with zero attached hydrogens (tertiary/aromatic N) is 1. The molecular formula is C11H14N2O3. The number of hydrogen-bond donors (Lipinski definition) is 1. The Labute approximate surface area is 93.6 Å². The molecule has 5 heteroatoms. The molecule has 1 saturated heterocycles. The summed E-state index contributed by atoms with van der Waals surface area (Å²) in [6.07, 6.45) is 4.24. The van der Waals surface area contributed by atoms with Gasteiger partial charge in [-0.15, -0.1) is 0 Å². The Bertz CT molecular complexity index is 375. The third-order valence-electron chi connectivity index (χ3n) is 2.41. The first-order valence-electron chi connectivity index (χ1n) is 5.30. The average Bonchev–Trinajstić information content (AvgIpc) is 2.30. The van der Waals surface area contributed by atoms with Crippen molar-refractivity contribution in [2.75, 3.05) is 6.61 Å². The smallest absolute Gasteiger partial charge is 0.248 e. The van der Waals surface area contributed by atoms with Crippen molar-refractivity contribution in [1.29, 1.82) is 0 Å². The monoisotopic (exact) mass is 222 g/mol. The molecule has 0 spiro atoms. The number of ether oxygens (including phenoxy) is 2. The van der Waals surface area contributed by atoms with E-state index in [1.807, 2.05) is 0 Å². The van der Waals surface area contributed by atoms with Crippen LogP contribution in [0, 0.1) is 0 Å². The van der Waals surface area contributed by atoms with Gasteiger partial charge in [-0.05, 0) is 18.9 Å². The van der Waals surface area contributed by atoms with Gasteiger partial charge in [0.15, 0.2) is 0 Å². The molecule has 2 rings (SSSR count). The van der Waals surface area contributed by atoms with Crippen molar-refractivity contribution in [2.24, 2.45) is 5.73 Å². The Morgan fingerprint density at radius 1 is 1.56 bits per heavy atom. The Balaban J connectivity index is 2.02. The summed E-state index contributed by atoms with van der Waals surface area (Å²) in [7, 11) is 0. The van der Waals surface area contributed by atoms with Crippen LogP contribution in [0.15, 0.2) is 18.3 Å². The normalized spacial score (nSPS) is 20.4. The van der Waals surface area contributed by atoms with Crippen LogP contribution in [0.1, 0.15) is 29.6 Å². The molecule has 1 amide bonds. The van der Waals surface area contributed by atoms with E-state index in [0.29, 0.717) is 18.1 Å². The Morgan fingerprint density at radius 2 is 2.44 bits per heavy atom. The number of rotatable bonds is 3. The molecule has 1 atom stereocenters. The van der Waals surface area contributed by atoms with Gasteiger partial charge in [0, 0.05) is 24.2 Å². The average molecular weight is 222 g/mol. The van der Waals surface area contributed by atoms with E-state index in [1.54, 1.807) is 6.07 Å². The molecule has 86 valence electrons. The van der Waals surface area contributed by atoms with Gasteiger partial charge in [-0.1, -0.05) is 0 Å². The summed E-state index contributed by atoms with van der Waals surface area (Å²) in [5.74, 6) is -0.111. The van der Waals surface area contributed by atoms with Gasteiger partial charge >= 0.3 is 0 Å². The number of hydrogen-bond acceptors (Lipinski definition) is 4. The number of carbonyl (C=O) groups excluding carboxylic acids is 1. The molecule has 0 aromatic carbocycles. The molecule has 1 fully saturated rings. The quantitative estimate of drug-likeness (QED) is 0.830. The molecule has 0 radical (unpaired) electrons. The van der Waals surface area contributed by atoms with E-state index < -0.39 is 5.91 Å². The van der Waals surface area contributed by atoms with E-state index in [0.717, 1.165) is 19.3 Å². The number of primary amides is 1. The lowest BCUT2D eigenvalue weighted by molar-refractivity contribution is -0.107. The Kier molecular flexibility index (Phi) is 3.36. The van der Waals surface area contributed by atoms with Crippen molar-refractivity contribution in [2.45, 2.75) is 25.6 Å². The van der Waals surface area contributed by atoms with Crippen LogP contribution in [0.25, 0.3) is 0 Å². The minimum atomic E-state index is -0.489. The molecule has 5 nitrogen and oxygen atoms in total. The van der Waals surface area contributed by atoms with E-state index in [9.17, 15) is 4.79 Å². The molecular weight excluding hydrogens is 208 g/mol. The van der Waals surface area contributed by atoms with Crippen LogP contribution in [0.5, 0.6) is 5.88 Å². The molecule has 2 N–H and O–H groups in total. The zero-order valence-corrected chi connectivity index (χ0v) is 8.89. The molecule has 1 aromatic rings. The zero-order valence-electron chi connectivity index (χ0n) is 8.89. The SMILES string of the molecule is NC(=O)c1ccnc(OC2CCCCO2)c1. The standard InChI is InChI=1S/C11H14N2O3/c12-11(14)8-4-5-13-9(7-8)16-10-3-1-2-6-15-10/h4-5,7,10H,1-3,6H2,(H2,12,14). The largest absolute Gasteiger partial charge is 0.448 e. The zero-order chi connectivity index (χ0) is 11.4. The third-order valence-corrected chi connectivity index (χ3v) is 2.41. The highest BCUT2D eigenvalue weighted by Crippen LogP contribution is 2.17. The summed E-state index contributed by atoms with van der Waals surface area (Å²) in [6, 6.07) is 3.08. The highest BCUT2D eigenvalue weighted by molar-refractivity contribution is 5.92. The Morgan fingerprint density at radius 3 is 3.12 bits per heavy atom. The third kappa shape index (κ3) is 2.70. The predicted molar refractivity (Wildman–Crippen MR) is 57.0 cm³/mol. The molecule has 1 aliphatic rings. The van der Waals surface area contributed by atoms with Crippen LogP contribution >= 0.6 is 0 Å². The fourth-order valence-corrected chi connectivity index (χ4v) is 1.57.